The van der Waals surface area contributed by atoms with Gasteiger partial charge in [0.2, 0.25) is 0 Å². The Morgan fingerprint density at radius 3 is 2.58 bits per heavy atom. The van der Waals surface area contributed by atoms with Crippen LogP contribution >= 0.6 is 15.9 Å². The molecule has 1 heterocycles. The number of pyridine rings is 1. The van der Waals surface area contributed by atoms with Crippen LogP contribution in [-0.4, -0.2) is 16.7 Å². The number of aliphatic hydroxyl groups excluding tert-OH is 1. The largest absolute Gasteiger partial charge is 0.395 e. The second-order valence-corrected chi connectivity index (χ2v) is 4.22. The van der Waals surface area contributed by atoms with E-state index >= 15 is 0 Å². The standard InChI is InChI=1S/C9H12BrNO/c1-9(2,6-12)7-3-4-8(10)11-5-7/h3-5,12H,6H2,1-2H3. The Balaban J connectivity index is 2.96. The Bertz CT molecular complexity index is 256. The van der Waals surface area contributed by atoms with Gasteiger partial charge >= 0.3 is 0 Å². The summed E-state index contributed by atoms with van der Waals surface area (Å²) in [4.78, 5) is 4.10. The van der Waals surface area contributed by atoms with Gasteiger partial charge in [-0.25, -0.2) is 4.98 Å². The minimum absolute atomic E-state index is 0.135. The molecule has 0 radical (unpaired) electrons. The molecule has 1 N–H and O–H groups in total. The molecular formula is C9H12BrNO. The highest BCUT2D eigenvalue weighted by Gasteiger charge is 2.19. The Hall–Kier alpha value is -0.410. The fraction of sp³-hybridized carbons (Fsp3) is 0.444. The summed E-state index contributed by atoms with van der Waals surface area (Å²) in [5.41, 5.74) is 0.849. The molecule has 0 spiro atoms. The molecule has 0 bridgehead atoms. The molecule has 66 valence electrons. The van der Waals surface area contributed by atoms with Crippen LogP contribution in [0.4, 0.5) is 0 Å². The number of halogens is 1. The van der Waals surface area contributed by atoms with E-state index in [4.69, 9.17) is 5.11 Å². The minimum atomic E-state index is -0.201. The van der Waals surface area contributed by atoms with Crippen molar-refractivity contribution >= 4 is 15.9 Å². The average molecular weight is 230 g/mol. The van der Waals surface area contributed by atoms with E-state index < -0.39 is 0 Å². The Kier molecular flexibility index (Phi) is 2.85. The zero-order chi connectivity index (χ0) is 9.19. The maximum absolute atomic E-state index is 9.08. The predicted molar refractivity (Wildman–Crippen MR) is 52.0 cm³/mol. The van der Waals surface area contributed by atoms with Crippen LogP contribution in [0.15, 0.2) is 22.9 Å². The van der Waals surface area contributed by atoms with Gasteiger partial charge in [-0.2, -0.15) is 0 Å². The summed E-state index contributed by atoms with van der Waals surface area (Å²) in [6.07, 6.45) is 1.78. The molecule has 0 unspecified atom stereocenters. The maximum atomic E-state index is 9.08. The third-order valence-electron chi connectivity index (χ3n) is 1.90. The summed E-state index contributed by atoms with van der Waals surface area (Å²) in [5, 5.41) is 9.08. The smallest absolute Gasteiger partial charge is 0.106 e. The van der Waals surface area contributed by atoms with Gasteiger partial charge in [0.05, 0.1) is 6.61 Å². The molecule has 0 saturated heterocycles. The molecule has 0 fully saturated rings. The Labute approximate surface area is 80.8 Å². The van der Waals surface area contributed by atoms with Gasteiger partial charge in [-0.05, 0) is 27.6 Å². The summed E-state index contributed by atoms with van der Waals surface area (Å²) in [5.74, 6) is 0. The van der Waals surface area contributed by atoms with E-state index in [2.05, 4.69) is 20.9 Å². The second kappa shape index (κ2) is 3.54. The third kappa shape index (κ3) is 2.05. The van der Waals surface area contributed by atoms with Gasteiger partial charge in [0.15, 0.2) is 0 Å². The Morgan fingerprint density at radius 2 is 2.17 bits per heavy atom. The average Bonchev–Trinajstić information content (AvgIpc) is 2.05. The number of rotatable bonds is 2. The lowest BCUT2D eigenvalue weighted by atomic mass is 9.87. The molecule has 0 aliphatic carbocycles. The van der Waals surface area contributed by atoms with Crippen molar-refractivity contribution in [2.45, 2.75) is 19.3 Å². The fourth-order valence-corrected chi connectivity index (χ4v) is 1.10. The summed E-state index contributed by atoms with van der Waals surface area (Å²) < 4.78 is 0.819. The van der Waals surface area contributed by atoms with E-state index in [1.807, 2.05) is 26.0 Å². The monoisotopic (exact) mass is 229 g/mol. The highest BCUT2D eigenvalue weighted by molar-refractivity contribution is 9.10. The summed E-state index contributed by atoms with van der Waals surface area (Å²) in [6.45, 7) is 4.10. The van der Waals surface area contributed by atoms with Crippen molar-refractivity contribution in [2.75, 3.05) is 6.61 Å². The number of aliphatic hydroxyl groups is 1. The molecule has 0 amide bonds. The predicted octanol–water partition coefficient (Wildman–Crippen LogP) is 2.11. The summed E-state index contributed by atoms with van der Waals surface area (Å²) in [6, 6.07) is 3.85. The van der Waals surface area contributed by atoms with Crippen LogP contribution in [-0.2, 0) is 5.41 Å². The zero-order valence-electron chi connectivity index (χ0n) is 7.21. The molecule has 2 nitrogen and oxygen atoms in total. The van der Waals surface area contributed by atoms with Gasteiger partial charge in [-0.3, -0.25) is 0 Å². The van der Waals surface area contributed by atoms with E-state index in [0.29, 0.717) is 0 Å². The number of aromatic nitrogens is 1. The first-order valence-corrected chi connectivity index (χ1v) is 4.58. The lowest BCUT2D eigenvalue weighted by Gasteiger charge is -2.21. The Morgan fingerprint density at radius 1 is 1.50 bits per heavy atom. The highest BCUT2D eigenvalue weighted by atomic mass is 79.9. The lowest BCUT2D eigenvalue weighted by Crippen LogP contribution is -2.22. The van der Waals surface area contributed by atoms with Crippen LogP contribution in [0.1, 0.15) is 19.4 Å². The normalized spacial score (nSPS) is 11.7. The first-order chi connectivity index (χ1) is 5.56. The van der Waals surface area contributed by atoms with Crippen LogP contribution in [0.5, 0.6) is 0 Å². The summed E-state index contributed by atoms with van der Waals surface area (Å²) >= 11 is 3.26. The molecule has 0 saturated carbocycles. The molecule has 0 aliphatic heterocycles. The van der Waals surface area contributed by atoms with Crippen LogP contribution in [0.25, 0.3) is 0 Å². The zero-order valence-corrected chi connectivity index (χ0v) is 8.80. The van der Waals surface area contributed by atoms with Crippen molar-refractivity contribution in [1.82, 2.24) is 4.98 Å². The van der Waals surface area contributed by atoms with Crippen molar-refractivity contribution < 1.29 is 5.11 Å². The molecule has 0 aromatic carbocycles. The minimum Gasteiger partial charge on any atom is -0.395 e. The molecular weight excluding hydrogens is 218 g/mol. The fourth-order valence-electron chi connectivity index (χ4n) is 0.867. The molecule has 1 aromatic heterocycles. The van der Waals surface area contributed by atoms with Crippen molar-refractivity contribution in [3.63, 3.8) is 0 Å². The van der Waals surface area contributed by atoms with Crippen molar-refractivity contribution in [3.8, 4) is 0 Å². The van der Waals surface area contributed by atoms with E-state index in [0.717, 1.165) is 10.2 Å². The molecule has 12 heavy (non-hydrogen) atoms. The summed E-state index contributed by atoms with van der Waals surface area (Å²) in [7, 11) is 0. The van der Waals surface area contributed by atoms with E-state index in [-0.39, 0.29) is 12.0 Å². The van der Waals surface area contributed by atoms with Crippen LogP contribution < -0.4 is 0 Å². The van der Waals surface area contributed by atoms with Gasteiger partial charge in [0.1, 0.15) is 4.60 Å². The lowest BCUT2D eigenvalue weighted by molar-refractivity contribution is 0.218. The molecule has 0 aliphatic rings. The van der Waals surface area contributed by atoms with Crippen molar-refractivity contribution in [3.05, 3.63) is 28.5 Å². The molecule has 1 aromatic rings. The van der Waals surface area contributed by atoms with Crippen LogP contribution in [0.3, 0.4) is 0 Å². The van der Waals surface area contributed by atoms with Gasteiger partial charge in [0, 0.05) is 11.6 Å². The highest BCUT2D eigenvalue weighted by Crippen LogP contribution is 2.22. The molecule has 1 rings (SSSR count). The quantitative estimate of drug-likeness (QED) is 0.789. The van der Waals surface area contributed by atoms with E-state index in [1.54, 1.807) is 6.20 Å². The van der Waals surface area contributed by atoms with Gasteiger partial charge in [-0.15, -0.1) is 0 Å². The second-order valence-electron chi connectivity index (χ2n) is 3.41. The first-order valence-electron chi connectivity index (χ1n) is 3.79. The van der Waals surface area contributed by atoms with E-state index in [1.165, 1.54) is 0 Å². The number of hydrogen-bond acceptors (Lipinski definition) is 2. The van der Waals surface area contributed by atoms with Crippen LogP contribution in [0.2, 0.25) is 0 Å². The van der Waals surface area contributed by atoms with Crippen molar-refractivity contribution in [1.29, 1.82) is 0 Å². The van der Waals surface area contributed by atoms with E-state index in [9.17, 15) is 0 Å². The van der Waals surface area contributed by atoms with Gasteiger partial charge < -0.3 is 5.11 Å². The maximum Gasteiger partial charge on any atom is 0.106 e. The van der Waals surface area contributed by atoms with Crippen LogP contribution in [0, 0.1) is 0 Å². The van der Waals surface area contributed by atoms with Crippen molar-refractivity contribution in [2.24, 2.45) is 0 Å². The van der Waals surface area contributed by atoms with Gasteiger partial charge in [-0.1, -0.05) is 19.9 Å². The molecule has 3 heteroatoms. The topological polar surface area (TPSA) is 33.1 Å². The number of hydrogen-bond donors (Lipinski definition) is 1. The SMILES string of the molecule is CC(C)(CO)c1ccc(Br)nc1. The third-order valence-corrected chi connectivity index (χ3v) is 2.37. The first kappa shape index (κ1) is 9.68. The van der Waals surface area contributed by atoms with Gasteiger partial charge in [0.25, 0.3) is 0 Å². The molecule has 0 atom stereocenters. The number of nitrogens with zero attached hydrogens (tertiary/aromatic N) is 1.